The number of hydrogen-bond acceptors (Lipinski definition) is 8. The number of hydrogen-bond donors (Lipinski definition) is 3. The number of esters is 1. The van der Waals surface area contributed by atoms with E-state index in [1.54, 1.807) is 4.90 Å². The lowest BCUT2D eigenvalue weighted by Gasteiger charge is -2.33. The smallest absolute Gasteiger partial charge is 0.410 e. The quantitative estimate of drug-likeness (QED) is 0.139. The zero-order valence-electron chi connectivity index (χ0n) is 25.1. The van der Waals surface area contributed by atoms with Crippen LogP contribution in [0.2, 0.25) is 0 Å². The Morgan fingerprint density at radius 2 is 1.27 bits per heavy atom. The van der Waals surface area contributed by atoms with E-state index < -0.39 is 23.7 Å². The Balaban J connectivity index is 1.75. The molecule has 0 bridgehead atoms. The molecule has 0 saturated carbocycles. The second-order valence-electron chi connectivity index (χ2n) is 10.7. The van der Waals surface area contributed by atoms with Gasteiger partial charge in [-0.1, -0.05) is 91.0 Å². The summed E-state index contributed by atoms with van der Waals surface area (Å²) in [6.45, 7) is 0.913. The van der Waals surface area contributed by atoms with E-state index in [-0.39, 0.29) is 38.7 Å². The van der Waals surface area contributed by atoms with Crippen LogP contribution >= 0.6 is 0 Å². The molecule has 0 spiro atoms. The largest absolute Gasteiger partial charge is 0.459 e. The van der Waals surface area contributed by atoms with Gasteiger partial charge in [0.2, 0.25) is 0 Å². The second kappa shape index (κ2) is 18.3. The minimum Gasteiger partial charge on any atom is -0.459 e. The molecule has 0 saturated heterocycles. The van der Waals surface area contributed by atoms with Crippen molar-refractivity contribution in [1.29, 1.82) is 0 Å². The number of benzene rings is 3. The van der Waals surface area contributed by atoms with Crippen molar-refractivity contribution < 1.29 is 28.6 Å². The number of rotatable bonds is 18. The fourth-order valence-electron chi connectivity index (χ4n) is 4.92. The Labute approximate surface area is 259 Å². The first kappa shape index (κ1) is 34.1. The molecule has 3 rings (SSSR count). The maximum Gasteiger partial charge on any atom is 0.410 e. The Morgan fingerprint density at radius 1 is 0.727 bits per heavy atom. The van der Waals surface area contributed by atoms with E-state index in [2.05, 4.69) is 0 Å². The van der Waals surface area contributed by atoms with E-state index >= 15 is 0 Å². The van der Waals surface area contributed by atoms with Gasteiger partial charge in [-0.15, -0.1) is 0 Å². The first-order valence-electron chi connectivity index (χ1n) is 14.9. The van der Waals surface area contributed by atoms with Crippen molar-refractivity contribution in [3.63, 3.8) is 0 Å². The molecule has 0 heterocycles. The number of carbonyl (C=O) groups is 3. The molecule has 0 fully saturated rings. The molecule has 0 aliphatic rings. The van der Waals surface area contributed by atoms with E-state index in [9.17, 15) is 14.4 Å². The average Bonchev–Trinajstić information content (AvgIpc) is 3.04. The number of nitrogens with two attached hydrogens (primary N) is 3. The van der Waals surface area contributed by atoms with Crippen molar-refractivity contribution in [3.05, 3.63) is 108 Å². The van der Waals surface area contributed by atoms with Crippen LogP contribution in [0.4, 0.5) is 9.59 Å². The molecule has 3 aromatic carbocycles. The number of primary amides is 1. The van der Waals surface area contributed by atoms with Crippen molar-refractivity contribution in [1.82, 2.24) is 4.90 Å². The van der Waals surface area contributed by atoms with E-state index in [0.717, 1.165) is 16.7 Å². The van der Waals surface area contributed by atoms with E-state index in [4.69, 9.17) is 31.4 Å². The molecule has 6 N–H and O–H groups in total. The fourth-order valence-corrected chi connectivity index (χ4v) is 4.92. The molecule has 2 unspecified atom stereocenters. The van der Waals surface area contributed by atoms with Crippen LogP contribution < -0.4 is 17.2 Å². The van der Waals surface area contributed by atoms with E-state index in [1.807, 2.05) is 91.0 Å². The molecular weight excluding hydrogens is 560 g/mol. The summed E-state index contributed by atoms with van der Waals surface area (Å²) in [4.78, 5) is 39.6. The van der Waals surface area contributed by atoms with Crippen molar-refractivity contribution in [2.75, 3.05) is 19.7 Å². The predicted molar refractivity (Wildman–Crippen MR) is 168 cm³/mol. The molecule has 0 aromatic heterocycles. The third-order valence-electron chi connectivity index (χ3n) is 7.37. The lowest BCUT2D eigenvalue weighted by atomic mass is 9.88. The first-order chi connectivity index (χ1) is 21.3. The molecular formula is C34H44N4O6. The van der Waals surface area contributed by atoms with Crippen LogP contribution in [-0.2, 0) is 38.6 Å². The number of ether oxygens (including phenoxy) is 3. The summed E-state index contributed by atoms with van der Waals surface area (Å²) in [5.74, 6) is -0.601. The van der Waals surface area contributed by atoms with Gasteiger partial charge in [0.05, 0.1) is 6.61 Å². The van der Waals surface area contributed by atoms with Gasteiger partial charge in [0.1, 0.15) is 18.8 Å². The highest BCUT2D eigenvalue weighted by molar-refractivity contribution is 5.80. The highest BCUT2D eigenvalue weighted by atomic mass is 16.6. The summed E-state index contributed by atoms with van der Waals surface area (Å²) in [6.07, 6.45) is 1.07. The van der Waals surface area contributed by atoms with Gasteiger partial charge < -0.3 is 36.3 Å². The van der Waals surface area contributed by atoms with Gasteiger partial charge in [0.15, 0.2) is 0 Å². The van der Waals surface area contributed by atoms with Crippen LogP contribution in [0.25, 0.3) is 0 Å². The van der Waals surface area contributed by atoms with Gasteiger partial charge in [-0.25, -0.2) is 9.59 Å². The molecule has 2 amide bonds. The molecule has 0 aliphatic carbocycles. The van der Waals surface area contributed by atoms with Crippen LogP contribution in [-0.4, -0.2) is 54.3 Å². The molecule has 3 aromatic rings. The predicted octanol–water partition coefficient (Wildman–Crippen LogP) is 4.68. The third-order valence-corrected chi connectivity index (χ3v) is 7.37. The molecule has 236 valence electrons. The highest BCUT2D eigenvalue weighted by Gasteiger charge is 2.36. The van der Waals surface area contributed by atoms with Crippen LogP contribution in [0.1, 0.15) is 48.8 Å². The van der Waals surface area contributed by atoms with Gasteiger partial charge in [0.25, 0.3) is 0 Å². The van der Waals surface area contributed by atoms with Gasteiger partial charge in [-0.05, 0) is 55.3 Å². The zero-order valence-corrected chi connectivity index (χ0v) is 25.1. The number of nitrogens with zero attached hydrogens (tertiary/aromatic N) is 1. The summed E-state index contributed by atoms with van der Waals surface area (Å²) in [5, 5.41) is 0. The second-order valence-corrected chi connectivity index (χ2v) is 10.7. The molecule has 0 radical (unpaired) electrons. The van der Waals surface area contributed by atoms with Crippen molar-refractivity contribution >= 4 is 18.2 Å². The normalized spacial score (nSPS) is 12.9. The summed E-state index contributed by atoms with van der Waals surface area (Å²) < 4.78 is 16.2. The summed E-state index contributed by atoms with van der Waals surface area (Å²) >= 11 is 0. The third kappa shape index (κ3) is 11.7. The summed E-state index contributed by atoms with van der Waals surface area (Å²) in [5.41, 5.74) is 18.9. The fraction of sp³-hybridized carbons (Fsp3) is 0.382. The molecule has 10 heteroatoms. The molecule has 10 nitrogen and oxygen atoms in total. The molecule has 2 atom stereocenters. The highest BCUT2D eigenvalue weighted by Crippen LogP contribution is 2.23. The lowest BCUT2D eigenvalue weighted by Crippen LogP contribution is -2.50. The van der Waals surface area contributed by atoms with Crippen LogP contribution in [0.15, 0.2) is 91.0 Å². The molecule has 44 heavy (non-hydrogen) atoms. The van der Waals surface area contributed by atoms with Crippen LogP contribution in [0.5, 0.6) is 0 Å². The minimum atomic E-state index is -1.43. The van der Waals surface area contributed by atoms with Crippen molar-refractivity contribution in [3.8, 4) is 0 Å². The maximum absolute atomic E-state index is 13.5. The topological polar surface area (TPSA) is 160 Å². The monoisotopic (exact) mass is 604 g/mol. The van der Waals surface area contributed by atoms with Gasteiger partial charge in [-0.2, -0.15) is 0 Å². The summed E-state index contributed by atoms with van der Waals surface area (Å²) in [6, 6.07) is 28.4. The minimum absolute atomic E-state index is 0.0307. The lowest BCUT2D eigenvalue weighted by molar-refractivity contribution is -0.152. The van der Waals surface area contributed by atoms with Crippen LogP contribution in [0.3, 0.4) is 0 Å². The van der Waals surface area contributed by atoms with Gasteiger partial charge in [-0.3, -0.25) is 4.79 Å². The van der Waals surface area contributed by atoms with Crippen molar-refractivity contribution in [2.24, 2.45) is 17.2 Å². The summed E-state index contributed by atoms with van der Waals surface area (Å²) in [7, 11) is 0. The maximum atomic E-state index is 13.5. The Hall–Kier alpha value is -4.41. The first-order valence-corrected chi connectivity index (χ1v) is 14.9. The van der Waals surface area contributed by atoms with Crippen LogP contribution in [0, 0.1) is 0 Å². The van der Waals surface area contributed by atoms with E-state index in [1.165, 1.54) is 0 Å². The Morgan fingerprint density at radius 3 is 1.82 bits per heavy atom. The van der Waals surface area contributed by atoms with Gasteiger partial charge >= 0.3 is 18.2 Å². The van der Waals surface area contributed by atoms with Crippen molar-refractivity contribution in [2.45, 2.75) is 63.3 Å². The van der Waals surface area contributed by atoms with Gasteiger partial charge in [0, 0.05) is 19.0 Å². The van der Waals surface area contributed by atoms with E-state index in [0.29, 0.717) is 38.8 Å². The number of carbonyl (C=O) groups excluding carboxylic acids is 3. The zero-order chi connectivity index (χ0) is 31.6. The average molecular weight is 605 g/mol. The molecule has 0 aliphatic heterocycles. The Bertz CT molecular complexity index is 1280. The Kier molecular flexibility index (Phi) is 14.2. The number of amides is 2. The standard InChI is InChI=1S/C34H44N4O6/c35-21-11-22-38(33(41)44-26-29-16-8-3-9-17-29)30(24-27-12-4-1-5-13-27)18-10-19-34(37,20-23-42-32(36)40)31(39)43-25-28-14-6-2-7-15-28/h1-9,12-17,30H,10-11,18-26,35,37H2,(H2,36,40). The SMILES string of the molecule is NCCCN(C(=O)OCc1ccccc1)C(CCCC(N)(CCOC(N)=O)C(=O)OCc1ccccc1)Cc1ccccc1.